The van der Waals surface area contributed by atoms with Crippen molar-refractivity contribution >= 4 is 17.3 Å². The van der Waals surface area contributed by atoms with Gasteiger partial charge in [-0.25, -0.2) is 0 Å². The van der Waals surface area contributed by atoms with Gasteiger partial charge in [0.25, 0.3) is 11.6 Å². The molecule has 2 aromatic rings. The molecule has 0 bridgehead atoms. The average molecular weight is 341 g/mol. The fourth-order valence-corrected chi connectivity index (χ4v) is 3.80. The van der Waals surface area contributed by atoms with E-state index in [1.54, 1.807) is 12.1 Å². The summed E-state index contributed by atoms with van der Waals surface area (Å²) in [6.45, 7) is 4.01. The molecule has 1 saturated carbocycles. The highest BCUT2D eigenvalue weighted by Crippen LogP contribution is 2.32. The number of hydrogen-bond acceptors (Lipinski definition) is 3. The third kappa shape index (κ3) is 3.57. The number of carbonyl (C=O) groups is 1. The van der Waals surface area contributed by atoms with Crippen molar-refractivity contribution in [1.82, 2.24) is 4.57 Å². The second-order valence-electron chi connectivity index (χ2n) is 6.71. The van der Waals surface area contributed by atoms with E-state index in [-0.39, 0.29) is 11.6 Å². The summed E-state index contributed by atoms with van der Waals surface area (Å²) in [5.41, 5.74) is 3.09. The van der Waals surface area contributed by atoms with Gasteiger partial charge in [0.15, 0.2) is 0 Å². The van der Waals surface area contributed by atoms with Gasteiger partial charge in [0.1, 0.15) is 0 Å². The van der Waals surface area contributed by atoms with E-state index in [1.807, 2.05) is 19.9 Å². The molecule has 3 rings (SSSR count). The fourth-order valence-electron chi connectivity index (χ4n) is 3.80. The number of nitro groups is 1. The van der Waals surface area contributed by atoms with Gasteiger partial charge < -0.3 is 9.88 Å². The number of hydrogen-bond donors (Lipinski definition) is 1. The second-order valence-corrected chi connectivity index (χ2v) is 6.71. The smallest absolute Gasteiger partial charge is 0.271 e. The molecule has 0 radical (unpaired) electrons. The first-order valence-electron chi connectivity index (χ1n) is 8.71. The quantitative estimate of drug-likeness (QED) is 0.642. The first kappa shape index (κ1) is 17.2. The molecule has 6 nitrogen and oxygen atoms in total. The monoisotopic (exact) mass is 341 g/mol. The summed E-state index contributed by atoms with van der Waals surface area (Å²) in [5.74, 6) is -0.226. The Kier molecular flexibility index (Phi) is 4.88. The van der Waals surface area contributed by atoms with Crippen LogP contribution in [0.25, 0.3) is 0 Å². The van der Waals surface area contributed by atoms with Gasteiger partial charge in [-0.05, 0) is 38.8 Å². The van der Waals surface area contributed by atoms with Crippen molar-refractivity contribution in [3.8, 4) is 0 Å². The minimum atomic E-state index is -0.468. The first-order chi connectivity index (χ1) is 12.0. The normalized spacial score (nSPS) is 15.1. The van der Waals surface area contributed by atoms with Crippen molar-refractivity contribution in [2.45, 2.75) is 52.0 Å². The third-order valence-corrected chi connectivity index (χ3v) is 4.98. The number of aryl methyl sites for hydroxylation is 1. The molecule has 132 valence electrons. The molecule has 1 aromatic heterocycles. The Labute approximate surface area is 147 Å². The summed E-state index contributed by atoms with van der Waals surface area (Å²) in [4.78, 5) is 23.1. The van der Waals surface area contributed by atoms with E-state index < -0.39 is 4.92 Å². The van der Waals surface area contributed by atoms with Gasteiger partial charge in [0, 0.05) is 35.2 Å². The predicted octanol–water partition coefficient (Wildman–Crippen LogP) is 4.77. The van der Waals surface area contributed by atoms with Crippen molar-refractivity contribution in [2.24, 2.45) is 0 Å². The van der Waals surface area contributed by atoms with Gasteiger partial charge in [-0.1, -0.05) is 25.3 Å². The van der Waals surface area contributed by atoms with Crippen molar-refractivity contribution < 1.29 is 9.72 Å². The maximum Gasteiger partial charge on any atom is 0.271 e. The first-order valence-corrected chi connectivity index (χ1v) is 8.71. The van der Waals surface area contributed by atoms with Crippen LogP contribution in [0.1, 0.15) is 59.9 Å². The van der Waals surface area contributed by atoms with E-state index in [1.165, 1.54) is 31.4 Å². The molecule has 6 heteroatoms. The van der Waals surface area contributed by atoms with Crippen molar-refractivity contribution in [3.05, 3.63) is 57.4 Å². The van der Waals surface area contributed by atoms with Gasteiger partial charge >= 0.3 is 0 Å². The number of amides is 1. The lowest BCUT2D eigenvalue weighted by molar-refractivity contribution is -0.384. The predicted molar refractivity (Wildman–Crippen MR) is 97.1 cm³/mol. The standard InChI is InChI=1S/C19H23N3O3/c1-13-11-18(14(2)21(13)16-8-4-3-5-9-16)19(23)20-15-7-6-10-17(12-15)22(24)25/h6-7,10-12,16H,3-5,8-9H2,1-2H3,(H,20,23). The van der Waals surface area contributed by atoms with Crippen LogP contribution in [-0.2, 0) is 0 Å². The lowest BCUT2D eigenvalue weighted by atomic mass is 9.95. The molecule has 1 aliphatic rings. The highest BCUT2D eigenvalue weighted by Gasteiger charge is 2.22. The average Bonchev–Trinajstić information content (AvgIpc) is 2.90. The topological polar surface area (TPSA) is 77.2 Å². The molecule has 1 amide bonds. The number of rotatable bonds is 4. The maximum atomic E-state index is 12.7. The molecule has 1 heterocycles. The summed E-state index contributed by atoms with van der Waals surface area (Å²) in [5, 5.41) is 13.7. The molecule has 1 fully saturated rings. The molecule has 0 unspecified atom stereocenters. The van der Waals surface area contributed by atoms with Gasteiger partial charge in [-0.15, -0.1) is 0 Å². The Morgan fingerprint density at radius 1 is 1.20 bits per heavy atom. The zero-order valence-electron chi connectivity index (χ0n) is 14.6. The molecule has 0 aliphatic heterocycles. The number of anilines is 1. The molecule has 25 heavy (non-hydrogen) atoms. The Morgan fingerprint density at radius 2 is 1.92 bits per heavy atom. The number of non-ortho nitro benzene ring substituents is 1. The van der Waals surface area contributed by atoms with Crippen LogP contribution in [0.15, 0.2) is 30.3 Å². The highest BCUT2D eigenvalue weighted by molar-refractivity contribution is 6.05. The molecule has 1 aliphatic carbocycles. The summed E-state index contributed by atoms with van der Waals surface area (Å²) in [6, 6.07) is 8.39. The summed E-state index contributed by atoms with van der Waals surface area (Å²) in [7, 11) is 0. The fraction of sp³-hybridized carbons (Fsp3) is 0.421. The van der Waals surface area contributed by atoms with Gasteiger partial charge in [-0.2, -0.15) is 0 Å². The molecular formula is C19H23N3O3. The van der Waals surface area contributed by atoms with Crippen LogP contribution < -0.4 is 5.32 Å². The molecular weight excluding hydrogens is 318 g/mol. The number of nitrogens with one attached hydrogen (secondary N) is 1. The van der Waals surface area contributed by atoms with Crippen molar-refractivity contribution in [3.63, 3.8) is 0 Å². The highest BCUT2D eigenvalue weighted by atomic mass is 16.6. The Balaban J connectivity index is 1.83. The number of carbonyl (C=O) groups excluding carboxylic acids is 1. The second kappa shape index (κ2) is 7.09. The summed E-state index contributed by atoms with van der Waals surface area (Å²) in [6.07, 6.45) is 6.06. The van der Waals surface area contributed by atoms with Crippen molar-refractivity contribution in [2.75, 3.05) is 5.32 Å². The van der Waals surface area contributed by atoms with Crippen LogP contribution in [0.5, 0.6) is 0 Å². The van der Waals surface area contributed by atoms with Crippen LogP contribution in [0.2, 0.25) is 0 Å². The lowest BCUT2D eigenvalue weighted by Gasteiger charge is -2.26. The van der Waals surface area contributed by atoms with Gasteiger partial charge in [0.05, 0.1) is 10.5 Å². The number of benzene rings is 1. The molecule has 0 atom stereocenters. The van der Waals surface area contributed by atoms with E-state index in [9.17, 15) is 14.9 Å². The number of nitro benzene ring substituents is 1. The summed E-state index contributed by atoms with van der Waals surface area (Å²) < 4.78 is 2.28. The van der Waals surface area contributed by atoms with Gasteiger partial charge in [0.2, 0.25) is 0 Å². The lowest BCUT2D eigenvalue weighted by Crippen LogP contribution is -2.17. The molecule has 0 spiro atoms. The number of nitrogens with zero attached hydrogens (tertiary/aromatic N) is 2. The van der Waals surface area contributed by atoms with Crippen molar-refractivity contribution in [1.29, 1.82) is 0 Å². The van der Waals surface area contributed by atoms with E-state index >= 15 is 0 Å². The van der Waals surface area contributed by atoms with Gasteiger partial charge in [-0.3, -0.25) is 14.9 Å². The molecule has 1 N–H and O–H groups in total. The molecule has 1 aromatic carbocycles. The van der Waals surface area contributed by atoms with Crippen LogP contribution in [0, 0.1) is 24.0 Å². The zero-order valence-corrected chi connectivity index (χ0v) is 14.6. The van der Waals surface area contributed by atoms with E-state index in [0.717, 1.165) is 24.2 Å². The Bertz CT molecular complexity index is 804. The summed E-state index contributed by atoms with van der Waals surface area (Å²) >= 11 is 0. The number of aromatic nitrogens is 1. The molecule has 0 saturated heterocycles. The third-order valence-electron chi connectivity index (χ3n) is 4.98. The SMILES string of the molecule is Cc1cc(C(=O)Nc2cccc([N+](=O)[O-])c2)c(C)n1C1CCCCC1. The van der Waals surface area contributed by atoms with Crippen LogP contribution in [0.3, 0.4) is 0 Å². The Hall–Kier alpha value is -2.63. The van der Waals surface area contributed by atoms with E-state index in [4.69, 9.17) is 0 Å². The largest absolute Gasteiger partial charge is 0.345 e. The van der Waals surface area contributed by atoms with E-state index in [2.05, 4.69) is 9.88 Å². The minimum absolute atomic E-state index is 0.0366. The van der Waals surface area contributed by atoms with Crippen LogP contribution in [-0.4, -0.2) is 15.4 Å². The zero-order chi connectivity index (χ0) is 18.0. The van der Waals surface area contributed by atoms with E-state index in [0.29, 0.717) is 17.3 Å². The Morgan fingerprint density at radius 3 is 2.60 bits per heavy atom. The minimum Gasteiger partial charge on any atom is -0.345 e. The van der Waals surface area contributed by atoms with Crippen LogP contribution >= 0.6 is 0 Å². The maximum absolute atomic E-state index is 12.7. The van der Waals surface area contributed by atoms with Crippen LogP contribution in [0.4, 0.5) is 11.4 Å².